The minimum absolute atomic E-state index is 0.366. The van der Waals surface area contributed by atoms with Gasteiger partial charge in [0.1, 0.15) is 11.3 Å². The van der Waals surface area contributed by atoms with Crippen LogP contribution < -0.4 is 0 Å². The quantitative estimate of drug-likeness (QED) is 0.658. The normalized spacial score (nSPS) is 11.0. The van der Waals surface area contributed by atoms with Gasteiger partial charge in [0.2, 0.25) is 0 Å². The Labute approximate surface area is 110 Å². The summed E-state index contributed by atoms with van der Waals surface area (Å²) in [5.74, 6) is 1.18. The maximum absolute atomic E-state index is 5.99. The molecule has 90 valence electrons. The van der Waals surface area contributed by atoms with E-state index >= 15 is 0 Å². The lowest BCUT2D eigenvalue weighted by Crippen LogP contribution is -2.02. The molecule has 0 N–H and O–H groups in total. The number of nitrogens with zero attached hydrogens (tertiary/aromatic N) is 3. The molecule has 0 saturated heterocycles. The van der Waals surface area contributed by atoms with E-state index in [-0.39, 0.29) is 0 Å². The molecule has 0 unspecified atom stereocenters. The average Bonchev–Trinajstić information content (AvgIpc) is 2.78. The van der Waals surface area contributed by atoms with Crippen LogP contribution >= 0.6 is 11.6 Å². The lowest BCUT2D eigenvalue weighted by atomic mass is 10.2. The molecular formula is C14H12ClN3. The Morgan fingerprint density at radius 1 is 1.17 bits per heavy atom. The molecule has 3 rings (SSSR count). The number of halogens is 1. The number of rotatable bonds is 2. The number of aromatic nitrogens is 3. The van der Waals surface area contributed by atoms with Crippen molar-refractivity contribution in [1.29, 1.82) is 0 Å². The first-order chi connectivity index (χ1) is 8.81. The van der Waals surface area contributed by atoms with Gasteiger partial charge < -0.3 is 0 Å². The molecule has 0 fully saturated rings. The highest BCUT2D eigenvalue weighted by Crippen LogP contribution is 2.22. The Hall–Kier alpha value is -1.87. The molecule has 1 aromatic carbocycles. The smallest absolute Gasteiger partial charge is 0.164 e. The zero-order valence-corrected chi connectivity index (χ0v) is 10.7. The molecule has 2 heterocycles. The topological polar surface area (TPSA) is 30.7 Å². The van der Waals surface area contributed by atoms with Gasteiger partial charge in [-0.25, -0.2) is 9.97 Å². The van der Waals surface area contributed by atoms with Crippen LogP contribution in [0.4, 0.5) is 0 Å². The Morgan fingerprint density at radius 3 is 2.78 bits per heavy atom. The average molecular weight is 258 g/mol. The standard InChI is InChI=1S/C14H12ClN3/c1-10-5-2-3-7-12(10)18-13(9-15)17-11-6-4-8-16-14(11)18/h2-8H,9H2,1H3. The van der Waals surface area contributed by atoms with E-state index < -0.39 is 0 Å². The van der Waals surface area contributed by atoms with Crippen LogP contribution in [0.1, 0.15) is 11.4 Å². The Bertz CT molecular complexity index is 703. The molecule has 4 heteroatoms. The third-order valence-corrected chi connectivity index (χ3v) is 3.20. The minimum atomic E-state index is 0.366. The Balaban J connectivity index is 2.37. The first-order valence-electron chi connectivity index (χ1n) is 5.75. The van der Waals surface area contributed by atoms with E-state index in [1.54, 1.807) is 6.20 Å². The van der Waals surface area contributed by atoms with Crippen molar-refractivity contribution in [2.24, 2.45) is 0 Å². The van der Waals surface area contributed by atoms with Crippen molar-refractivity contribution in [3.8, 4) is 5.69 Å². The zero-order chi connectivity index (χ0) is 12.5. The third-order valence-electron chi connectivity index (χ3n) is 2.96. The summed E-state index contributed by atoms with van der Waals surface area (Å²) in [6.45, 7) is 2.07. The number of hydrogen-bond donors (Lipinski definition) is 0. The highest BCUT2D eigenvalue weighted by atomic mass is 35.5. The molecule has 0 aliphatic carbocycles. The molecule has 18 heavy (non-hydrogen) atoms. The van der Waals surface area contributed by atoms with Crippen LogP contribution in [-0.2, 0) is 5.88 Å². The van der Waals surface area contributed by atoms with Gasteiger partial charge in [0.25, 0.3) is 0 Å². The summed E-state index contributed by atoms with van der Waals surface area (Å²) in [6, 6.07) is 12.0. The minimum Gasteiger partial charge on any atom is -0.279 e. The summed E-state index contributed by atoms with van der Waals surface area (Å²) in [7, 11) is 0. The molecule has 3 nitrogen and oxygen atoms in total. The van der Waals surface area contributed by atoms with Crippen molar-refractivity contribution in [3.63, 3.8) is 0 Å². The van der Waals surface area contributed by atoms with E-state index in [4.69, 9.17) is 11.6 Å². The van der Waals surface area contributed by atoms with Gasteiger partial charge in [-0.3, -0.25) is 4.57 Å². The van der Waals surface area contributed by atoms with Crippen molar-refractivity contribution >= 4 is 22.8 Å². The van der Waals surface area contributed by atoms with Crippen molar-refractivity contribution in [3.05, 3.63) is 54.0 Å². The van der Waals surface area contributed by atoms with Crippen molar-refractivity contribution in [2.75, 3.05) is 0 Å². The molecular weight excluding hydrogens is 246 g/mol. The molecule has 3 aromatic rings. The third kappa shape index (κ3) is 1.68. The van der Waals surface area contributed by atoms with E-state index in [1.165, 1.54) is 5.56 Å². The summed E-state index contributed by atoms with van der Waals surface area (Å²) in [4.78, 5) is 8.93. The number of pyridine rings is 1. The molecule has 2 aromatic heterocycles. The fraction of sp³-hybridized carbons (Fsp3) is 0.143. The second-order valence-corrected chi connectivity index (χ2v) is 4.40. The van der Waals surface area contributed by atoms with Gasteiger partial charge in [0.05, 0.1) is 11.6 Å². The zero-order valence-electron chi connectivity index (χ0n) is 9.97. The first kappa shape index (κ1) is 11.2. The van der Waals surface area contributed by atoms with Crippen LogP contribution in [0.3, 0.4) is 0 Å². The monoisotopic (exact) mass is 257 g/mol. The van der Waals surface area contributed by atoms with Crippen LogP contribution in [0, 0.1) is 6.92 Å². The predicted molar refractivity (Wildman–Crippen MR) is 73.2 cm³/mol. The molecule has 0 saturated carbocycles. The maximum atomic E-state index is 5.99. The van der Waals surface area contributed by atoms with E-state index in [9.17, 15) is 0 Å². The number of alkyl halides is 1. The van der Waals surface area contributed by atoms with Crippen LogP contribution in [-0.4, -0.2) is 14.5 Å². The number of benzene rings is 1. The van der Waals surface area contributed by atoms with Crippen LogP contribution in [0.2, 0.25) is 0 Å². The van der Waals surface area contributed by atoms with E-state index in [1.807, 2.05) is 28.8 Å². The van der Waals surface area contributed by atoms with Gasteiger partial charge in [-0.15, -0.1) is 11.6 Å². The predicted octanol–water partition coefficient (Wildman–Crippen LogP) is 3.47. The Morgan fingerprint density at radius 2 is 2.00 bits per heavy atom. The molecule has 0 spiro atoms. The van der Waals surface area contributed by atoms with Gasteiger partial charge in [0, 0.05) is 6.20 Å². The summed E-state index contributed by atoms with van der Waals surface area (Å²) >= 11 is 5.99. The number of para-hydroxylation sites is 1. The molecule has 0 radical (unpaired) electrons. The van der Waals surface area contributed by atoms with Crippen LogP contribution in [0.15, 0.2) is 42.6 Å². The molecule has 0 amide bonds. The highest BCUT2D eigenvalue weighted by molar-refractivity contribution is 6.16. The number of imidazole rings is 1. The van der Waals surface area contributed by atoms with E-state index in [2.05, 4.69) is 29.0 Å². The highest BCUT2D eigenvalue weighted by Gasteiger charge is 2.13. The summed E-state index contributed by atoms with van der Waals surface area (Å²) < 4.78 is 2.03. The fourth-order valence-corrected chi connectivity index (χ4v) is 2.30. The summed E-state index contributed by atoms with van der Waals surface area (Å²) in [5, 5.41) is 0. The molecule has 0 bridgehead atoms. The van der Waals surface area contributed by atoms with Crippen molar-refractivity contribution in [2.45, 2.75) is 12.8 Å². The van der Waals surface area contributed by atoms with Gasteiger partial charge in [-0.05, 0) is 30.7 Å². The molecule has 0 aliphatic rings. The number of fused-ring (bicyclic) bond motifs is 1. The SMILES string of the molecule is Cc1ccccc1-n1c(CCl)nc2cccnc21. The van der Waals surface area contributed by atoms with E-state index in [0.717, 1.165) is 22.7 Å². The largest absolute Gasteiger partial charge is 0.279 e. The van der Waals surface area contributed by atoms with Gasteiger partial charge in [-0.2, -0.15) is 0 Å². The number of aryl methyl sites for hydroxylation is 1. The van der Waals surface area contributed by atoms with Gasteiger partial charge in [0.15, 0.2) is 5.65 Å². The Kier molecular flexibility index (Phi) is 2.76. The van der Waals surface area contributed by atoms with Gasteiger partial charge >= 0.3 is 0 Å². The second kappa shape index (κ2) is 4.42. The second-order valence-electron chi connectivity index (χ2n) is 4.13. The summed E-state index contributed by atoms with van der Waals surface area (Å²) in [5.41, 5.74) is 3.97. The maximum Gasteiger partial charge on any atom is 0.164 e. The first-order valence-corrected chi connectivity index (χ1v) is 6.29. The lowest BCUT2D eigenvalue weighted by molar-refractivity contribution is 0.960. The number of hydrogen-bond acceptors (Lipinski definition) is 2. The van der Waals surface area contributed by atoms with E-state index in [0.29, 0.717) is 5.88 Å². The molecule has 0 aliphatic heterocycles. The fourth-order valence-electron chi connectivity index (χ4n) is 2.12. The lowest BCUT2D eigenvalue weighted by Gasteiger charge is -2.09. The van der Waals surface area contributed by atoms with Crippen LogP contribution in [0.25, 0.3) is 16.9 Å². The van der Waals surface area contributed by atoms with Crippen molar-refractivity contribution in [1.82, 2.24) is 14.5 Å². The summed E-state index contributed by atoms with van der Waals surface area (Å²) in [6.07, 6.45) is 1.77. The van der Waals surface area contributed by atoms with Crippen molar-refractivity contribution < 1.29 is 0 Å². The molecule has 0 atom stereocenters. The van der Waals surface area contributed by atoms with Crippen LogP contribution in [0.5, 0.6) is 0 Å². The van der Waals surface area contributed by atoms with Gasteiger partial charge in [-0.1, -0.05) is 18.2 Å².